The minimum Gasteiger partial charge on any atom is -0.300 e. The number of hydrogen-bond donors (Lipinski definition) is 0. The molecule has 0 radical (unpaired) electrons. The summed E-state index contributed by atoms with van der Waals surface area (Å²) in [4.78, 5) is 0. The first kappa shape index (κ1) is 12.0. The Morgan fingerprint density at radius 3 is 2.53 bits per heavy atom. The zero-order valence-corrected chi connectivity index (χ0v) is 9.44. The molecule has 80 valence electrons. The quantitative estimate of drug-likeness (QED) is 0.569. The van der Waals surface area contributed by atoms with Crippen LogP contribution in [0, 0.1) is 12.1 Å². The van der Waals surface area contributed by atoms with Gasteiger partial charge in [-0.15, -0.1) is 6.42 Å². The highest BCUT2D eigenvalue weighted by molar-refractivity contribution is 7.59. The third-order valence-electron chi connectivity index (χ3n) is 1.70. The van der Waals surface area contributed by atoms with Crippen molar-refractivity contribution in [1.29, 1.82) is 0 Å². The molecule has 0 aliphatic carbocycles. The molecule has 0 saturated carbocycles. The van der Waals surface area contributed by atoms with Crippen LogP contribution in [0.15, 0.2) is 30.3 Å². The molecule has 0 bridgehead atoms. The molecular weight excluding hydrogens is 211 g/mol. The highest BCUT2D eigenvalue weighted by Gasteiger charge is 2.20. The fourth-order valence-electron chi connectivity index (χ4n) is 1.02. The Labute approximate surface area is 89.9 Å². The molecule has 0 amide bonds. The molecule has 1 rings (SSSR count). The maximum Gasteiger partial charge on any atom is 0.405 e. The van der Waals surface area contributed by atoms with Crippen molar-refractivity contribution in [3.8, 4) is 12.1 Å². The number of terminal acetylenes is 1. The van der Waals surface area contributed by atoms with E-state index < -0.39 is 7.60 Å². The standard InChI is InChI=1S/C11H13O3P/c1-3-13-15(12,4-2)14-10-11-8-6-5-7-9-11/h2,5-9H,3,10H2,1H3. The van der Waals surface area contributed by atoms with E-state index in [2.05, 4.69) is 5.66 Å². The van der Waals surface area contributed by atoms with Crippen molar-refractivity contribution in [3.63, 3.8) is 0 Å². The first-order chi connectivity index (χ1) is 7.20. The van der Waals surface area contributed by atoms with Gasteiger partial charge in [-0.2, -0.15) is 0 Å². The van der Waals surface area contributed by atoms with Gasteiger partial charge in [0.1, 0.15) is 0 Å². The summed E-state index contributed by atoms with van der Waals surface area (Å²) in [6.45, 7) is 2.19. The summed E-state index contributed by atoms with van der Waals surface area (Å²) in [6, 6.07) is 9.38. The lowest BCUT2D eigenvalue weighted by Crippen LogP contribution is -1.94. The van der Waals surface area contributed by atoms with Gasteiger partial charge in [0.25, 0.3) is 0 Å². The van der Waals surface area contributed by atoms with Gasteiger partial charge < -0.3 is 0 Å². The lowest BCUT2D eigenvalue weighted by molar-refractivity contribution is 0.215. The van der Waals surface area contributed by atoms with Gasteiger partial charge >= 0.3 is 7.60 Å². The minimum absolute atomic E-state index is 0.197. The van der Waals surface area contributed by atoms with Gasteiger partial charge in [0.05, 0.1) is 13.2 Å². The Balaban J connectivity index is 2.57. The molecule has 0 heterocycles. The van der Waals surface area contributed by atoms with Gasteiger partial charge in [0.2, 0.25) is 0 Å². The van der Waals surface area contributed by atoms with E-state index in [1.54, 1.807) is 6.92 Å². The Morgan fingerprint density at radius 2 is 2.00 bits per heavy atom. The first-order valence-corrected chi connectivity index (χ1v) is 6.15. The average molecular weight is 224 g/mol. The van der Waals surface area contributed by atoms with E-state index in [1.165, 1.54) is 0 Å². The molecule has 3 nitrogen and oxygen atoms in total. The van der Waals surface area contributed by atoms with E-state index >= 15 is 0 Å². The maximum atomic E-state index is 11.7. The van der Waals surface area contributed by atoms with Crippen molar-refractivity contribution in [2.45, 2.75) is 13.5 Å². The molecule has 0 aromatic heterocycles. The zero-order valence-electron chi connectivity index (χ0n) is 8.55. The molecular formula is C11H13O3P. The van der Waals surface area contributed by atoms with Crippen LogP contribution in [0.3, 0.4) is 0 Å². The second-order valence-electron chi connectivity index (χ2n) is 2.80. The van der Waals surface area contributed by atoms with Crippen LogP contribution in [0.25, 0.3) is 0 Å². The molecule has 0 N–H and O–H groups in total. The molecule has 4 heteroatoms. The van der Waals surface area contributed by atoms with Crippen LogP contribution in [-0.4, -0.2) is 6.61 Å². The van der Waals surface area contributed by atoms with Crippen molar-refractivity contribution < 1.29 is 13.6 Å². The molecule has 0 saturated heterocycles. The van der Waals surface area contributed by atoms with E-state index in [4.69, 9.17) is 15.5 Å². The van der Waals surface area contributed by atoms with Gasteiger partial charge in [0, 0.05) is 5.66 Å². The van der Waals surface area contributed by atoms with Crippen molar-refractivity contribution in [2.24, 2.45) is 0 Å². The Bertz CT molecular complexity index is 381. The van der Waals surface area contributed by atoms with Gasteiger partial charge in [-0.25, -0.2) is 4.57 Å². The zero-order chi connectivity index (χ0) is 11.1. The van der Waals surface area contributed by atoms with Gasteiger partial charge in [-0.05, 0) is 12.5 Å². The second kappa shape index (κ2) is 5.72. The van der Waals surface area contributed by atoms with Crippen LogP contribution in [0.1, 0.15) is 12.5 Å². The van der Waals surface area contributed by atoms with Crippen LogP contribution < -0.4 is 0 Å². The van der Waals surface area contributed by atoms with Crippen LogP contribution in [0.5, 0.6) is 0 Å². The highest BCUT2D eigenvalue weighted by atomic mass is 31.2. The maximum absolute atomic E-state index is 11.7. The van der Waals surface area contributed by atoms with Crippen LogP contribution >= 0.6 is 7.60 Å². The lowest BCUT2D eigenvalue weighted by Gasteiger charge is -2.11. The van der Waals surface area contributed by atoms with Gasteiger partial charge in [-0.3, -0.25) is 9.05 Å². The molecule has 0 aliphatic heterocycles. The summed E-state index contributed by atoms with van der Waals surface area (Å²) in [6.07, 6.45) is 5.09. The topological polar surface area (TPSA) is 35.5 Å². The number of rotatable bonds is 5. The molecule has 1 atom stereocenters. The van der Waals surface area contributed by atoms with E-state index in [-0.39, 0.29) is 13.2 Å². The normalized spacial score (nSPS) is 14.1. The molecule has 1 unspecified atom stereocenters. The summed E-state index contributed by atoms with van der Waals surface area (Å²) in [5, 5.41) is 0. The molecule has 0 spiro atoms. The number of hydrogen-bond acceptors (Lipinski definition) is 3. The van der Waals surface area contributed by atoms with E-state index in [0.717, 1.165) is 5.56 Å². The predicted molar refractivity (Wildman–Crippen MR) is 59.3 cm³/mol. The van der Waals surface area contributed by atoms with Crippen molar-refractivity contribution >= 4 is 7.60 Å². The SMILES string of the molecule is C#CP(=O)(OCC)OCc1ccccc1. The summed E-state index contributed by atoms with van der Waals surface area (Å²) in [5.74, 6) is 0. The lowest BCUT2D eigenvalue weighted by atomic mass is 10.2. The van der Waals surface area contributed by atoms with E-state index in [1.807, 2.05) is 30.3 Å². The average Bonchev–Trinajstić information content (AvgIpc) is 2.28. The predicted octanol–water partition coefficient (Wildman–Crippen LogP) is 3.02. The summed E-state index contributed by atoms with van der Waals surface area (Å²) >= 11 is 0. The van der Waals surface area contributed by atoms with Crippen molar-refractivity contribution in [2.75, 3.05) is 6.61 Å². The van der Waals surface area contributed by atoms with Crippen LogP contribution in [0.2, 0.25) is 0 Å². The summed E-state index contributed by atoms with van der Waals surface area (Å²) < 4.78 is 21.7. The first-order valence-electron chi connectivity index (χ1n) is 4.61. The molecule has 1 aromatic rings. The summed E-state index contributed by atoms with van der Waals surface area (Å²) in [5.41, 5.74) is 2.97. The van der Waals surface area contributed by atoms with E-state index in [9.17, 15) is 4.57 Å². The third kappa shape index (κ3) is 3.89. The number of benzene rings is 1. The monoisotopic (exact) mass is 224 g/mol. The Hall–Kier alpha value is -1.07. The van der Waals surface area contributed by atoms with Crippen LogP contribution in [0.4, 0.5) is 0 Å². The largest absolute Gasteiger partial charge is 0.405 e. The second-order valence-corrected chi connectivity index (χ2v) is 4.57. The van der Waals surface area contributed by atoms with Crippen LogP contribution in [-0.2, 0) is 20.2 Å². The van der Waals surface area contributed by atoms with Gasteiger partial charge in [-0.1, -0.05) is 30.3 Å². The fourth-order valence-corrected chi connectivity index (χ4v) is 1.90. The minimum atomic E-state index is -3.34. The van der Waals surface area contributed by atoms with Crippen molar-refractivity contribution in [1.82, 2.24) is 0 Å². The smallest absolute Gasteiger partial charge is 0.300 e. The van der Waals surface area contributed by atoms with Gasteiger partial charge in [0.15, 0.2) is 0 Å². The molecule has 0 aliphatic rings. The van der Waals surface area contributed by atoms with Crippen molar-refractivity contribution in [3.05, 3.63) is 35.9 Å². The molecule has 0 fully saturated rings. The Morgan fingerprint density at radius 1 is 1.33 bits per heavy atom. The fraction of sp³-hybridized carbons (Fsp3) is 0.273. The third-order valence-corrected chi connectivity index (χ3v) is 3.08. The summed E-state index contributed by atoms with van der Waals surface area (Å²) in [7, 11) is -3.34. The molecule has 1 aromatic carbocycles. The Kier molecular flexibility index (Phi) is 4.58. The molecule has 15 heavy (non-hydrogen) atoms. The highest BCUT2D eigenvalue weighted by Crippen LogP contribution is 2.47. The van der Waals surface area contributed by atoms with E-state index in [0.29, 0.717) is 0 Å².